The quantitative estimate of drug-likeness (QED) is 0.188. The van der Waals surface area contributed by atoms with Crippen molar-refractivity contribution in [2.75, 3.05) is 0 Å². The van der Waals surface area contributed by atoms with Gasteiger partial charge in [-0.2, -0.15) is 0 Å². The Morgan fingerprint density at radius 1 is 0.353 bits per heavy atom. The van der Waals surface area contributed by atoms with Gasteiger partial charge in [0.25, 0.3) is 0 Å². The van der Waals surface area contributed by atoms with E-state index in [0.29, 0.717) is 17.5 Å². The topological polar surface area (TPSA) is 38.7 Å². The molecule has 0 atom stereocenters. The molecule has 0 radical (unpaired) electrons. The maximum atomic E-state index is 5.33. The van der Waals surface area contributed by atoms with Crippen molar-refractivity contribution in [1.29, 1.82) is 0 Å². The van der Waals surface area contributed by atoms with Crippen LogP contribution in [-0.2, 0) is 0 Å². The van der Waals surface area contributed by atoms with E-state index in [9.17, 15) is 0 Å². The lowest BCUT2D eigenvalue weighted by Gasteiger charge is -2.13. The van der Waals surface area contributed by atoms with Crippen molar-refractivity contribution in [3.8, 4) is 67.5 Å². The number of fused-ring (bicyclic) bond motifs is 8. The second kappa shape index (κ2) is 11.0. The summed E-state index contributed by atoms with van der Waals surface area (Å²) in [5, 5.41) is 7.44. The molecule has 0 amide bonds. The van der Waals surface area contributed by atoms with Gasteiger partial charge in [0.1, 0.15) is 0 Å². The molecule has 236 valence electrons. The first kappa shape index (κ1) is 28.4. The molecule has 0 unspecified atom stereocenters. The van der Waals surface area contributed by atoms with Crippen LogP contribution in [0.5, 0.6) is 0 Å². The zero-order valence-corrected chi connectivity index (χ0v) is 28.2. The van der Waals surface area contributed by atoms with Gasteiger partial charge in [-0.1, -0.05) is 140 Å². The molecule has 0 bridgehead atoms. The monoisotopic (exact) mass is 665 g/mol. The molecule has 0 saturated heterocycles. The summed E-state index contributed by atoms with van der Waals surface area (Å²) in [4.78, 5) is 15.7. The Balaban J connectivity index is 1.18. The van der Waals surface area contributed by atoms with E-state index >= 15 is 0 Å². The molecule has 51 heavy (non-hydrogen) atoms. The number of rotatable bonds is 4. The van der Waals surface area contributed by atoms with Gasteiger partial charge in [0.15, 0.2) is 17.5 Å². The van der Waals surface area contributed by atoms with Crippen LogP contribution >= 0.6 is 11.3 Å². The number of hydrogen-bond acceptors (Lipinski definition) is 4. The van der Waals surface area contributed by atoms with Crippen LogP contribution in [0.25, 0.3) is 109 Å². The fraction of sp³-hybridized carbons (Fsp3) is 0. The molecule has 2 aromatic heterocycles. The molecule has 0 spiro atoms. The Hall–Kier alpha value is -6.49. The number of hydrogen-bond donors (Lipinski definition) is 0. The number of aromatic nitrogens is 3. The molecule has 10 aromatic rings. The van der Waals surface area contributed by atoms with E-state index in [-0.39, 0.29) is 0 Å². The van der Waals surface area contributed by atoms with Crippen LogP contribution in [0, 0.1) is 0 Å². The molecule has 11 rings (SSSR count). The summed E-state index contributed by atoms with van der Waals surface area (Å²) in [6.45, 7) is 0. The van der Waals surface area contributed by atoms with Gasteiger partial charge in [0.2, 0.25) is 0 Å². The highest BCUT2D eigenvalue weighted by molar-refractivity contribution is 7.26. The smallest absolute Gasteiger partial charge is 0.164 e. The molecule has 0 aliphatic heterocycles. The van der Waals surface area contributed by atoms with Crippen LogP contribution < -0.4 is 0 Å². The highest BCUT2D eigenvalue weighted by Gasteiger charge is 2.28. The lowest BCUT2D eigenvalue weighted by molar-refractivity contribution is 1.08. The van der Waals surface area contributed by atoms with Crippen molar-refractivity contribution in [3.05, 3.63) is 164 Å². The third-order valence-electron chi connectivity index (χ3n) is 10.2. The van der Waals surface area contributed by atoms with E-state index in [1.54, 1.807) is 0 Å². The molecule has 3 nitrogen and oxygen atoms in total. The zero-order chi connectivity index (χ0) is 33.5. The van der Waals surface area contributed by atoms with Crippen molar-refractivity contribution in [2.45, 2.75) is 0 Å². The summed E-state index contributed by atoms with van der Waals surface area (Å²) in [5.41, 5.74) is 10.3. The van der Waals surface area contributed by atoms with Crippen LogP contribution in [0.15, 0.2) is 164 Å². The first-order valence-corrected chi connectivity index (χ1v) is 18.0. The van der Waals surface area contributed by atoms with E-state index < -0.39 is 0 Å². The van der Waals surface area contributed by atoms with E-state index in [1.807, 2.05) is 29.5 Å². The lowest BCUT2D eigenvalue weighted by Crippen LogP contribution is -2.01. The number of nitrogens with zero attached hydrogens (tertiary/aromatic N) is 3. The highest BCUT2D eigenvalue weighted by atomic mass is 32.1. The maximum absolute atomic E-state index is 5.33. The molecule has 0 N–H and O–H groups in total. The molecular formula is C47H27N3S. The fourth-order valence-corrected chi connectivity index (χ4v) is 9.17. The predicted molar refractivity (Wildman–Crippen MR) is 214 cm³/mol. The van der Waals surface area contributed by atoms with Crippen LogP contribution in [0.3, 0.4) is 0 Å². The molecule has 2 heterocycles. The summed E-state index contributed by atoms with van der Waals surface area (Å²) in [6.07, 6.45) is 0. The average Bonchev–Trinajstić information content (AvgIpc) is 3.75. The Morgan fingerprint density at radius 2 is 1.00 bits per heavy atom. The van der Waals surface area contributed by atoms with Gasteiger partial charge in [-0.3, -0.25) is 0 Å². The van der Waals surface area contributed by atoms with E-state index in [2.05, 4.69) is 146 Å². The van der Waals surface area contributed by atoms with Crippen molar-refractivity contribution < 1.29 is 0 Å². The van der Waals surface area contributed by atoms with Gasteiger partial charge >= 0.3 is 0 Å². The molecule has 0 fully saturated rings. The summed E-state index contributed by atoms with van der Waals surface area (Å²) in [6, 6.07) is 58.3. The molecule has 8 aromatic carbocycles. The van der Waals surface area contributed by atoms with Gasteiger partial charge in [-0.25, -0.2) is 15.0 Å². The van der Waals surface area contributed by atoms with Gasteiger partial charge < -0.3 is 0 Å². The Labute approximate surface area is 298 Å². The van der Waals surface area contributed by atoms with Gasteiger partial charge in [0, 0.05) is 42.4 Å². The second-order valence-electron chi connectivity index (χ2n) is 13.2. The Bertz CT molecular complexity index is 3030. The third-order valence-corrected chi connectivity index (χ3v) is 11.4. The maximum Gasteiger partial charge on any atom is 0.164 e. The van der Waals surface area contributed by atoms with Crippen LogP contribution in [0.4, 0.5) is 0 Å². The van der Waals surface area contributed by atoms with Crippen LogP contribution in [-0.4, -0.2) is 15.0 Å². The first-order chi connectivity index (χ1) is 25.3. The highest BCUT2D eigenvalue weighted by Crippen LogP contribution is 2.55. The summed E-state index contributed by atoms with van der Waals surface area (Å²) < 4.78 is 2.53. The third kappa shape index (κ3) is 4.40. The first-order valence-electron chi connectivity index (χ1n) is 17.2. The molecule has 0 saturated carbocycles. The SMILES string of the molecule is c1ccc(-c2nc(-c3cccc(-c4ccc5ccccc5c4)c3)nc(-c3cc4c(c5sc6ccccc6c35)-c3cccc5cccc-4c35)n2)cc1. The standard InChI is InChI=1S/C47H27N3S/c1-2-12-30(13-3-1)45-48-46(34-18-8-17-32(26-34)33-24-23-28-11-4-5-14-31(28)25-33)50-47(49-45)39-27-38-35-20-9-15-29-16-10-21-37(41(29)35)43(38)44-42(39)36-19-6-7-22-40(36)51-44/h1-27H. The Kier molecular flexibility index (Phi) is 6.12. The zero-order valence-electron chi connectivity index (χ0n) is 27.3. The lowest BCUT2D eigenvalue weighted by atomic mass is 9.95. The summed E-state index contributed by atoms with van der Waals surface area (Å²) in [7, 11) is 0. The van der Waals surface area contributed by atoms with Crippen molar-refractivity contribution in [1.82, 2.24) is 15.0 Å². The summed E-state index contributed by atoms with van der Waals surface area (Å²) >= 11 is 1.86. The second-order valence-corrected chi connectivity index (χ2v) is 14.2. The predicted octanol–water partition coefficient (Wildman–Crippen LogP) is 12.9. The van der Waals surface area contributed by atoms with Crippen LogP contribution in [0.2, 0.25) is 0 Å². The van der Waals surface area contributed by atoms with Crippen molar-refractivity contribution >= 4 is 53.1 Å². The number of thiophene rings is 1. The largest absolute Gasteiger partial charge is 0.208 e. The average molecular weight is 666 g/mol. The Morgan fingerprint density at radius 3 is 1.88 bits per heavy atom. The summed E-state index contributed by atoms with van der Waals surface area (Å²) in [5.74, 6) is 1.99. The van der Waals surface area contributed by atoms with Crippen LogP contribution in [0.1, 0.15) is 0 Å². The van der Waals surface area contributed by atoms with E-state index in [1.165, 1.54) is 64.0 Å². The van der Waals surface area contributed by atoms with Crippen molar-refractivity contribution in [2.24, 2.45) is 0 Å². The van der Waals surface area contributed by atoms with Gasteiger partial charge in [0.05, 0.1) is 0 Å². The van der Waals surface area contributed by atoms with E-state index in [4.69, 9.17) is 15.0 Å². The van der Waals surface area contributed by atoms with E-state index in [0.717, 1.165) is 27.8 Å². The van der Waals surface area contributed by atoms with Crippen molar-refractivity contribution in [3.63, 3.8) is 0 Å². The molecule has 4 heteroatoms. The number of benzene rings is 8. The van der Waals surface area contributed by atoms with Gasteiger partial charge in [-0.15, -0.1) is 11.3 Å². The molecule has 1 aliphatic rings. The minimum atomic E-state index is 0.653. The molecule has 1 aliphatic carbocycles. The molecular weight excluding hydrogens is 639 g/mol. The minimum Gasteiger partial charge on any atom is -0.208 e. The van der Waals surface area contributed by atoms with Gasteiger partial charge in [-0.05, 0) is 73.6 Å². The normalized spacial score (nSPS) is 11.9. The minimum absolute atomic E-state index is 0.653. The fourth-order valence-electron chi connectivity index (χ4n) is 7.88.